The molecule has 0 saturated heterocycles. The van der Waals surface area contributed by atoms with Gasteiger partial charge in [0.05, 0.1) is 25.9 Å². The van der Waals surface area contributed by atoms with Crippen molar-refractivity contribution >= 4 is 11.9 Å². The quantitative estimate of drug-likeness (QED) is 0.765. The Morgan fingerprint density at radius 2 is 1.85 bits per heavy atom. The fourth-order valence-corrected chi connectivity index (χ4v) is 3.33. The van der Waals surface area contributed by atoms with Gasteiger partial charge in [-0.1, -0.05) is 13.8 Å². The van der Waals surface area contributed by atoms with E-state index in [-0.39, 0.29) is 29.6 Å². The van der Waals surface area contributed by atoms with Crippen LogP contribution < -0.4 is 14.8 Å². The second-order valence-corrected chi connectivity index (χ2v) is 6.72. The Labute approximate surface area is 151 Å². The molecule has 1 amide bonds. The molecule has 1 aromatic carbocycles. The molecule has 0 bridgehead atoms. The zero-order valence-electron chi connectivity index (χ0n) is 15.5. The van der Waals surface area contributed by atoms with Crippen molar-refractivity contribution in [3.63, 3.8) is 0 Å². The standard InChI is InChI=1S/C18H24FNO6/c1-6-26-14-9-18(16(22)23,17(14,2)3)20-15(21)10-7-12(24-4)13(25-5)8-11(10)19/h7-8,14H,6,9H2,1-5H3,(H,20,21)(H,22,23). The van der Waals surface area contributed by atoms with Crippen molar-refractivity contribution in [1.82, 2.24) is 5.32 Å². The maximum Gasteiger partial charge on any atom is 0.330 e. The van der Waals surface area contributed by atoms with Crippen molar-refractivity contribution in [2.45, 2.75) is 38.8 Å². The van der Waals surface area contributed by atoms with E-state index in [4.69, 9.17) is 14.2 Å². The summed E-state index contributed by atoms with van der Waals surface area (Å²) in [6, 6.07) is 2.21. The molecule has 1 aromatic rings. The lowest BCUT2D eigenvalue weighted by Gasteiger charge is -2.58. The van der Waals surface area contributed by atoms with Gasteiger partial charge in [0.1, 0.15) is 11.4 Å². The van der Waals surface area contributed by atoms with Crippen LogP contribution in [0, 0.1) is 11.2 Å². The third-order valence-electron chi connectivity index (χ3n) is 5.17. The van der Waals surface area contributed by atoms with Gasteiger partial charge >= 0.3 is 5.97 Å². The van der Waals surface area contributed by atoms with Gasteiger partial charge < -0.3 is 24.6 Å². The first-order valence-electron chi connectivity index (χ1n) is 8.23. The first-order chi connectivity index (χ1) is 12.1. The number of carbonyl (C=O) groups excluding carboxylic acids is 1. The number of carboxylic acid groups (broad SMARTS) is 1. The van der Waals surface area contributed by atoms with E-state index in [0.29, 0.717) is 6.61 Å². The maximum absolute atomic E-state index is 14.3. The molecule has 2 atom stereocenters. The average molecular weight is 369 g/mol. The van der Waals surface area contributed by atoms with E-state index in [9.17, 15) is 19.1 Å². The molecule has 1 fully saturated rings. The van der Waals surface area contributed by atoms with Gasteiger partial charge in [-0.2, -0.15) is 0 Å². The van der Waals surface area contributed by atoms with Crippen molar-refractivity contribution in [3.8, 4) is 11.5 Å². The van der Waals surface area contributed by atoms with Crippen molar-refractivity contribution in [1.29, 1.82) is 0 Å². The van der Waals surface area contributed by atoms with Gasteiger partial charge in [0.25, 0.3) is 5.91 Å². The molecule has 0 aliphatic heterocycles. The topological polar surface area (TPSA) is 94.1 Å². The highest BCUT2D eigenvalue weighted by molar-refractivity contribution is 5.99. The Morgan fingerprint density at radius 1 is 1.27 bits per heavy atom. The minimum Gasteiger partial charge on any atom is -0.493 e. The average Bonchev–Trinajstić information content (AvgIpc) is 2.59. The third-order valence-corrected chi connectivity index (χ3v) is 5.17. The molecular weight excluding hydrogens is 345 g/mol. The summed E-state index contributed by atoms with van der Waals surface area (Å²) in [4.78, 5) is 24.6. The van der Waals surface area contributed by atoms with Crippen LogP contribution in [0.2, 0.25) is 0 Å². The van der Waals surface area contributed by atoms with Crippen LogP contribution in [0.4, 0.5) is 4.39 Å². The van der Waals surface area contributed by atoms with Crippen molar-refractivity contribution < 1.29 is 33.3 Å². The molecule has 8 heteroatoms. The molecule has 0 radical (unpaired) electrons. The molecule has 144 valence electrons. The van der Waals surface area contributed by atoms with Crippen LogP contribution in [0.25, 0.3) is 0 Å². The molecule has 2 rings (SSSR count). The van der Waals surface area contributed by atoms with Crippen LogP contribution in [0.1, 0.15) is 37.6 Å². The van der Waals surface area contributed by atoms with Crippen LogP contribution >= 0.6 is 0 Å². The lowest BCUT2D eigenvalue weighted by molar-refractivity contribution is -0.190. The first kappa shape index (κ1) is 20.0. The zero-order chi connectivity index (χ0) is 19.7. The number of carbonyl (C=O) groups is 2. The van der Waals surface area contributed by atoms with E-state index in [1.807, 2.05) is 6.92 Å². The summed E-state index contributed by atoms with van der Waals surface area (Å²) in [6.07, 6.45) is -0.219. The minimum atomic E-state index is -1.55. The normalized spacial score (nSPS) is 23.7. The summed E-state index contributed by atoms with van der Waals surface area (Å²) >= 11 is 0. The monoisotopic (exact) mass is 369 g/mol. The van der Waals surface area contributed by atoms with Gasteiger partial charge in [0, 0.05) is 24.5 Å². The number of amides is 1. The molecule has 1 aliphatic carbocycles. The van der Waals surface area contributed by atoms with E-state index in [2.05, 4.69) is 5.32 Å². The molecule has 26 heavy (non-hydrogen) atoms. The number of hydrogen-bond donors (Lipinski definition) is 2. The summed E-state index contributed by atoms with van der Waals surface area (Å²) in [5.74, 6) is -2.56. The van der Waals surface area contributed by atoms with E-state index < -0.39 is 28.6 Å². The SMILES string of the molecule is CCOC1CC(NC(=O)c2cc(OC)c(OC)cc2F)(C(=O)O)C1(C)C. The highest BCUT2D eigenvalue weighted by Crippen LogP contribution is 2.51. The van der Waals surface area contributed by atoms with Crippen LogP contribution in [0.3, 0.4) is 0 Å². The summed E-state index contributed by atoms with van der Waals surface area (Å²) in [6.45, 7) is 5.66. The predicted molar refractivity (Wildman–Crippen MR) is 91.1 cm³/mol. The second kappa shape index (κ2) is 7.11. The Balaban J connectivity index is 2.35. The molecule has 0 spiro atoms. The molecule has 7 nitrogen and oxygen atoms in total. The lowest BCUT2D eigenvalue weighted by Crippen LogP contribution is -2.76. The number of aliphatic carboxylic acids is 1. The van der Waals surface area contributed by atoms with Gasteiger partial charge in [0.2, 0.25) is 0 Å². The van der Waals surface area contributed by atoms with E-state index in [0.717, 1.165) is 6.07 Å². The largest absolute Gasteiger partial charge is 0.493 e. The number of nitrogens with one attached hydrogen (secondary N) is 1. The number of halogens is 1. The van der Waals surface area contributed by atoms with E-state index in [1.165, 1.54) is 20.3 Å². The molecule has 0 aromatic heterocycles. The van der Waals surface area contributed by atoms with E-state index >= 15 is 0 Å². The highest BCUT2D eigenvalue weighted by Gasteiger charge is 2.66. The molecule has 0 heterocycles. The van der Waals surface area contributed by atoms with Crippen LogP contribution in [-0.2, 0) is 9.53 Å². The van der Waals surface area contributed by atoms with Gasteiger partial charge in [-0.3, -0.25) is 4.79 Å². The Kier molecular flexibility index (Phi) is 5.46. The molecule has 2 N–H and O–H groups in total. The maximum atomic E-state index is 14.3. The zero-order valence-corrected chi connectivity index (χ0v) is 15.5. The first-order valence-corrected chi connectivity index (χ1v) is 8.23. The predicted octanol–water partition coefficient (Wildman–Crippen LogP) is 2.23. The van der Waals surface area contributed by atoms with Crippen LogP contribution in [0.5, 0.6) is 11.5 Å². The van der Waals surface area contributed by atoms with Crippen molar-refractivity contribution in [2.75, 3.05) is 20.8 Å². The molecule has 1 saturated carbocycles. The van der Waals surface area contributed by atoms with Crippen LogP contribution in [0.15, 0.2) is 12.1 Å². The van der Waals surface area contributed by atoms with Crippen molar-refractivity contribution in [3.05, 3.63) is 23.5 Å². The molecule has 1 aliphatic rings. The van der Waals surface area contributed by atoms with Gasteiger partial charge in [-0.15, -0.1) is 0 Å². The Hall–Kier alpha value is -2.35. The summed E-state index contributed by atoms with van der Waals surface area (Å²) in [5, 5.41) is 12.2. The minimum absolute atomic E-state index is 0.101. The lowest BCUT2D eigenvalue weighted by atomic mass is 9.54. The third kappa shape index (κ3) is 2.98. The van der Waals surface area contributed by atoms with Gasteiger partial charge in [0.15, 0.2) is 11.5 Å². The number of benzene rings is 1. The Bertz CT molecular complexity index is 720. The second-order valence-electron chi connectivity index (χ2n) is 6.72. The number of rotatable bonds is 7. The Morgan fingerprint density at radius 3 is 2.31 bits per heavy atom. The van der Waals surface area contributed by atoms with E-state index in [1.54, 1.807) is 13.8 Å². The summed E-state index contributed by atoms with van der Waals surface area (Å²) in [5.41, 5.74) is -2.74. The van der Waals surface area contributed by atoms with Gasteiger partial charge in [-0.25, -0.2) is 9.18 Å². The fraction of sp³-hybridized carbons (Fsp3) is 0.556. The van der Waals surface area contributed by atoms with Crippen LogP contribution in [-0.4, -0.2) is 49.5 Å². The van der Waals surface area contributed by atoms with Crippen molar-refractivity contribution in [2.24, 2.45) is 5.41 Å². The summed E-state index contributed by atoms with van der Waals surface area (Å²) < 4.78 is 29.9. The smallest absolute Gasteiger partial charge is 0.330 e. The molecule has 2 unspecified atom stereocenters. The number of methoxy groups -OCH3 is 2. The number of hydrogen-bond acceptors (Lipinski definition) is 5. The number of carboxylic acids is 1. The van der Waals surface area contributed by atoms with Gasteiger partial charge in [-0.05, 0) is 13.0 Å². The summed E-state index contributed by atoms with van der Waals surface area (Å²) in [7, 11) is 2.71. The number of ether oxygens (including phenoxy) is 3. The fourth-order valence-electron chi connectivity index (χ4n) is 3.33. The molecular formula is C18H24FNO6. The highest BCUT2D eigenvalue weighted by atomic mass is 19.1.